The number of hydrogen-bond donors (Lipinski definition) is 2. The zero-order valence-electron chi connectivity index (χ0n) is 16.8. The number of benzene rings is 3. The molecule has 1 heterocycles. The summed E-state index contributed by atoms with van der Waals surface area (Å²) >= 11 is 0. The van der Waals surface area contributed by atoms with E-state index in [0.29, 0.717) is 11.9 Å². The van der Waals surface area contributed by atoms with Gasteiger partial charge in [-0.2, -0.15) is 5.10 Å². The molecular weight excluding hydrogens is 376 g/mol. The molecule has 0 spiro atoms. The van der Waals surface area contributed by atoms with Crippen LogP contribution in [-0.2, 0) is 13.6 Å². The topological polar surface area (TPSA) is 76.0 Å². The average Bonchev–Trinajstić information content (AvgIpc) is 2.76. The van der Waals surface area contributed by atoms with Crippen LogP contribution in [0.2, 0.25) is 0 Å². The van der Waals surface area contributed by atoms with Crippen molar-refractivity contribution >= 4 is 22.5 Å². The lowest BCUT2D eigenvalue weighted by Gasteiger charge is -2.13. The van der Waals surface area contributed by atoms with Crippen LogP contribution in [0.15, 0.2) is 77.6 Å². The summed E-state index contributed by atoms with van der Waals surface area (Å²) in [6, 6.07) is 22.5. The zero-order valence-corrected chi connectivity index (χ0v) is 16.8. The van der Waals surface area contributed by atoms with Crippen LogP contribution in [0.4, 0.5) is 10.5 Å². The molecule has 6 nitrogen and oxygen atoms in total. The first-order valence-electron chi connectivity index (χ1n) is 9.69. The summed E-state index contributed by atoms with van der Waals surface area (Å²) in [6.07, 6.45) is 0. The van der Waals surface area contributed by atoms with Gasteiger partial charge in [0.1, 0.15) is 0 Å². The predicted molar refractivity (Wildman–Crippen MR) is 119 cm³/mol. The molecule has 150 valence electrons. The maximum Gasteiger partial charge on any atom is 0.319 e. The maximum atomic E-state index is 12.4. The first-order chi connectivity index (χ1) is 14.5. The van der Waals surface area contributed by atoms with E-state index in [1.165, 1.54) is 4.68 Å². The van der Waals surface area contributed by atoms with Crippen molar-refractivity contribution in [1.29, 1.82) is 0 Å². The number of nitrogens with one attached hydrogen (secondary N) is 2. The normalized spacial score (nSPS) is 10.7. The van der Waals surface area contributed by atoms with Gasteiger partial charge in [-0.1, -0.05) is 48.5 Å². The molecule has 0 aliphatic rings. The van der Waals surface area contributed by atoms with Gasteiger partial charge in [0, 0.05) is 30.2 Å². The molecule has 0 saturated carbocycles. The Labute approximate surface area is 174 Å². The molecule has 0 bridgehead atoms. The lowest BCUT2D eigenvalue weighted by molar-refractivity contribution is 0.251. The van der Waals surface area contributed by atoms with Crippen molar-refractivity contribution in [3.05, 3.63) is 94.3 Å². The number of rotatable bonds is 4. The summed E-state index contributed by atoms with van der Waals surface area (Å²) < 4.78 is 1.36. The van der Waals surface area contributed by atoms with Crippen molar-refractivity contribution in [2.75, 3.05) is 5.32 Å². The molecule has 0 fully saturated rings. The highest BCUT2D eigenvalue weighted by molar-refractivity contribution is 5.94. The van der Waals surface area contributed by atoms with E-state index in [-0.39, 0.29) is 11.6 Å². The Morgan fingerprint density at radius 2 is 1.67 bits per heavy atom. The fourth-order valence-electron chi connectivity index (χ4n) is 3.39. The van der Waals surface area contributed by atoms with Crippen LogP contribution in [0.1, 0.15) is 11.1 Å². The van der Waals surface area contributed by atoms with Crippen LogP contribution in [0.25, 0.3) is 22.0 Å². The van der Waals surface area contributed by atoms with E-state index in [9.17, 15) is 9.59 Å². The van der Waals surface area contributed by atoms with Gasteiger partial charge in [-0.05, 0) is 42.3 Å². The number of nitrogens with zero attached hydrogens (tertiary/aromatic N) is 2. The van der Waals surface area contributed by atoms with Crippen molar-refractivity contribution in [2.45, 2.75) is 13.5 Å². The second-order valence-corrected chi connectivity index (χ2v) is 7.14. The maximum absolute atomic E-state index is 12.4. The quantitative estimate of drug-likeness (QED) is 0.540. The van der Waals surface area contributed by atoms with Crippen LogP contribution in [0.5, 0.6) is 0 Å². The van der Waals surface area contributed by atoms with Gasteiger partial charge < -0.3 is 10.6 Å². The molecule has 1 aromatic heterocycles. The minimum Gasteiger partial charge on any atom is -0.334 e. The lowest BCUT2D eigenvalue weighted by atomic mass is 10.00. The molecule has 2 amide bonds. The Balaban J connectivity index is 1.61. The van der Waals surface area contributed by atoms with E-state index in [4.69, 9.17) is 0 Å². The Kier molecular flexibility index (Phi) is 5.30. The van der Waals surface area contributed by atoms with Gasteiger partial charge in [-0.25, -0.2) is 9.48 Å². The highest BCUT2D eigenvalue weighted by atomic mass is 16.2. The van der Waals surface area contributed by atoms with Gasteiger partial charge in [-0.3, -0.25) is 4.79 Å². The first-order valence-corrected chi connectivity index (χ1v) is 9.69. The Morgan fingerprint density at radius 1 is 0.967 bits per heavy atom. The van der Waals surface area contributed by atoms with E-state index >= 15 is 0 Å². The van der Waals surface area contributed by atoms with Crippen molar-refractivity contribution in [1.82, 2.24) is 15.1 Å². The number of para-hydroxylation sites is 1. The van der Waals surface area contributed by atoms with Gasteiger partial charge in [0.2, 0.25) is 0 Å². The molecule has 0 unspecified atom stereocenters. The van der Waals surface area contributed by atoms with Crippen LogP contribution >= 0.6 is 0 Å². The summed E-state index contributed by atoms with van der Waals surface area (Å²) in [5.41, 5.74) is 4.29. The highest BCUT2D eigenvalue weighted by Crippen LogP contribution is 2.26. The Hall–Kier alpha value is -3.93. The third kappa shape index (κ3) is 3.93. The standard InChI is InChI=1S/C24H22N4O2/c1-16-12-13-17(22-20-10-6-7-11-21(20)23(29)28(2)27-22)14-18(16)15-25-24(30)26-19-8-4-3-5-9-19/h3-14H,15H2,1-2H3,(H2,25,26,30). The minimum atomic E-state index is -0.267. The Bertz CT molecular complexity index is 1280. The van der Waals surface area contributed by atoms with E-state index in [1.807, 2.05) is 79.7 Å². The summed E-state index contributed by atoms with van der Waals surface area (Å²) in [4.78, 5) is 24.6. The monoisotopic (exact) mass is 398 g/mol. The molecule has 4 rings (SSSR count). The SMILES string of the molecule is Cc1ccc(-c2nn(C)c(=O)c3ccccc23)cc1CNC(=O)Nc1ccccc1. The van der Waals surface area contributed by atoms with Gasteiger partial charge in [0.15, 0.2) is 0 Å². The summed E-state index contributed by atoms with van der Waals surface area (Å²) in [5.74, 6) is 0. The summed E-state index contributed by atoms with van der Waals surface area (Å²) in [5, 5.41) is 11.7. The molecule has 3 aromatic carbocycles. The third-order valence-electron chi connectivity index (χ3n) is 5.05. The number of urea groups is 1. The first kappa shape index (κ1) is 19.4. The number of amides is 2. The molecular formula is C24H22N4O2. The second-order valence-electron chi connectivity index (χ2n) is 7.14. The molecule has 0 atom stereocenters. The molecule has 6 heteroatoms. The number of fused-ring (bicyclic) bond motifs is 1. The molecule has 30 heavy (non-hydrogen) atoms. The van der Waals surface area contributed by atoms with Crippen LogP contribution in [0.3, 0.4) is 0 Å². The fraction of sp³-hybridized carbons (Fsp3) is 0.125. The van der Waals surface area contributed by atoms with Crippen LogP contribution in [-0.4, -0.2) is 15.8 Å². The van der Waals surface area contributed by atoms with Gasteiger partial charge in [0.05, 0.1) is 11.1 Å². The number of aromatic nitrogens is 2. The number of carbonyl (C=O) groups excluding carboxylic acids is 1. The average molecular weight is 398 g/mol. The van der Waals surface area contributed by atoms with Gasteiger partial charge in [-0.15, -0.1) is 0 Å². The molecule has 2 N–H and O–H groups in total. The van der Waals surface area contributed by atoms with E-state index in [0.717, 1.165) is 33.5 Å². The van der Waals surface area contributed by atoms with E-state index in [2.05, 4.69) is 15.7 Å². The number of carbonyl (C=O) groups is 1. The molecule has 0 saturated heterocycles. The lowest BCUT2D eigenvalue weighted by Crippen LogP contribution is -2.28. The zero-order chi connectivity index (χ0) is 21.1. The largest absolute Gasteiger partial charge is 0.334 e. The summed E-state index contributed by atoms with van der Waals surface area (Å²) in [6.45, 7) is 2.38. The second kappa shape index (κ2) is 8.21. The van der Waals surface area contributed by atoms with Crippen molar-refractivity contribution in [3.63, 3.8) is 0 Å². The van der Waals surface area contributed by atoms with Crippen LogP contribution < -0.4 is 16.2 Å². The fourth-order valence-corrected chi connectivity index (χ4v) is 3.39. The van der Waals surface area contributed by atoms with E-state index in [1.54, 1.807) is 7.05 Å². The predicted octanol–water partition coefficient (Wildman–Crippen LogP) is 4.23. The van der Waals surface area contributed by atoms with E-state index < -0.39 is 0 Å². The number of anilines is 1. The van der Waals surface area contributed by atoms with Crippen molar-refractivity contribution in [3.8, 4) is 11.3 Å². The van der Waals surface area contributed by atoms with Crippen molar-refractivity contribution < 1.29 is 4.79 Å². The number of hydrogen-bond acceptors (Lipinski definition) is 3. The third-order valence-corrected chi connectivity index (χ3v) is 5.05. The summed E-state index contributed by atoms with van der Waals surface area (Å²) in [7, 11) is 1.66. The van der Waals surface area contributed by atoms with Crippen LogP contribution in [0, 0.1) is 6.92 Å². The van der Waals surface area contributed by atoms with Gasteiger partial charge >= 0.3 is 6.03 Å². The minimum absolute atomic E-state index is 0.124. The highest BCUT2D eigenvalue weighted by Gasteiger charge is 2.12. The van der Waals surface area contributed by atoms with Gasteiger partial charge in [0.25, 0.3) is 5.56 Å². The van der Waals surface area contributed by atoms with Crippen molar-refractivity contribution in [2.24, 2.45) is 7.05 Å². The Morgan fingerprint density at radius 3 is 2.43 bits per heavy atom. The molecule has 0 aliphatic carbocycles. The number of aryl methyl sites for hydroxylation is 2. The molecule has 0 aliphatic heterocycles. The molecule has 4 aromatic rings. The smallest absolute Gasteiger partial charge is 0.319 e. The molecule has 0 radical (unpaired) electrons.